The van der Waals surface area contributed by atoms with E-state index < -0.39 is 18.0 Å². The fourth-order valence-electron chi connectivity index (χ4n) is 1.20. The number of hydrogen-bond acceptors (Lipinski definition) is 3. The Morgan fingerprint density at radius 3 is 2.32 bits per heavy atom. The third-order valence-corrected chi connectivity index (χ3v) is 1.94. The van der Waals surface area contributed by atoms with Crippen LogP contribution in [0.1, 0.15) is 0 Å². The van der Waals surface area contributed by atoms with E-state index >= 15 is 0 Å². The maximum atomic E-state index is 12.0. The summed E-state index contributed by atoms with van der Waals surface area (Å²) < 4.78 is 40.7. The summed E-state index contributed by atoms with van der Waals surface area (Å²) in [6.07, 6.45) is -4.96. The van der Waals surface area contributed by atoms with Crippen molar-refractivity contribution in [2.45, 2.75) is 6.18 Å². The normalized spacial score (nSPS) is 10.9. The number of benzene rings is 1. The molecule has 1 rings (SSSR count). The molecule has 2 amide bonds. The van der Waals surface area contributed by atoms with Crippen LogP contribution in [-0.4, -0.2) is 31.7 Å². The van der Waals surface area contributed by atoms with Crippen molar-refractivity contribution in [3.05, 3.63) is 24.3 Å². The van der Waals surface area contributed by atoms with Gasteiger partial charge >= 0.3 is 12.1 Å². The predicted molar refractivity (Wildman–Crippen MR) is 61.6 cm³/mol. The second-order valence-corrected chi connectivity index (χ2v) is 3.51. The number of rotatable bonds is 4. The highest BCUT2D eigenvalue weighted by atomic mass is 19.4. The number of methoxy groups -OCH3 is 1. The molecule has 104 valence electrons. The van der Waals surface area contributed by atoms with Crippen LogP contribution >= 0.6 is 0 Å². The molecule has 0 saturated heterocycles. The number of hydrogen-bond donors (Lipinski definition) is 2. The standard InChI is InChI=1S/C11H11F3N2O3/c1-19-6-9(17)15-7-3-2-4-8(5-7)16-10(18)11(12,13)14/h2-5H,6H2,1H3,(H,15,17)(H,16,18). The molecule has 0 saturated carbocycles. The second-order valence-electron chi connectivity index (χ2n) is 3.51. The van der Waals surface area contributed by atoms with Gasteiger partial charge < -0.3 is 15.4 Å². The number of amides is 2. The summed E-state index contributed by atoms with van der Waals surface area (Å²) in [6.45, 7) is -0.181. The Bertz CT molecular complexity index is 474. The van der Waals surface area contributed by atoms with Crippen LogP contribution in [0.3, 0.4) is 0 Å². The van der Waals surface area contributed by atoms with E-state index in [-0.39, 0.29) is 18.0 Å². The zero-order valence-corrected chi connectivity index (χ0v) is 9.88. The molecule has 2 N–H and O–H groups in total. The Morgan fingerprint density at radius 1 is 1.21 bits per heavy atom. The lowest BCUT2D eigenvalue weighted by Crippen LogP contribution is -2.29. The van der Waals surface area contributed by atoms with E-state index in [1.807, 2.05) is 0 Å². The first-order valence-electron chi connectivity index (χ1n) is 5.10. The average Bonchev–Trinajstić information content (AvgIpc) is 2.28. The van der Waals surface area contributed by atoms with Gasteiger partial charge in [-0.15, -0.1) is 0 Å². The van der Waals surface area contributed by atoms with Crippen molar-refractivity contribution in [1.82, 2.24) is 0 Å². The minimum absolute atomic E-state index is 0.0717. The number of anilines is 2. The molecule has 1 aromatic rings. The largest absolute Gasteiger partial charge is 0.471 e. The lowest BCUT2D eigenvalue weighted by atomic mass is 10.2. The van der Waals surface area contributed by atoms with Gasteiger partial charge in [0.25, 0.3) is 0 Å². The smallest absolute Gasteiger partial charge is 0.375 e. The van der Waals surface area contributed by atoms with Gasteiger partial charge in [-0.05, 0) is 18.2 Å². The number of carbonyl (C=O) groups excluding carboxylic acids is 2. The molecule has 0 aliphatic rings. The summed E-state index contributed by atoms with van der Waals surface area (Å²) in [6, 6.07) is 5.35. The van der Waals surface area contributed by atoms with E-state index in [9.17, 15) is 22.8 Å². The van der Waals surface area contributed by atoms with Gasteiger partial charge in [-0.1, -0.05) is 6.07 Å². The molecular formula is C11H11F3N2O3. The summed E-state index contributed by atoms with van der Waals surface area (Å²) in [4.78, 5) is 21.9. The number of halogens is 3. The first-order chi connectivity index (χ1) is 8.82. The first kappa shape index (κ1) is 15.0. The van der Waals surface area contributed by atoms with E-state index in [0.717, 1.165) is 0 Å². The van der Waals surface area contributed by atoms with Crippen LogP contribution in [0.5, 0.6) is 0 Å². The zero-order valence-electron chi connectivity index (χ0n) is 9.88. The SMILES string of the molecule is COCC(=O)Nc1cccc(NC(=O)C(F)(F)F)c1. The van der Waals surface area contributed by atoms with Crippen LogP contribution in [0, 0.1) is 0 Å². The molecule has 0 aliphatic carbocycles. The third kappa shape index (κ3) is 4.96. The molecule has 0 unspecified atom stereocenters. The predicted octanol–water partition coefficient (Wildman–Crippen LogP) is 1.77. The maximum absolute atomic E-state index is 12.0. The average molecular weight is 276 g/mol. The van der Waals surface area contributed by atoms with Crippen molar-refractivity contribution < 1.29 is 27.5 Å². The Hall–Kier alpha value is -2.09. The minimum Gasteiger partial charge on any atom is -0.375 e. The number of alkyl halides is 3. The summed E-state index contributed by atoms with van der Waals surface area (Å²) in [5.74, 6) is -2.53. The van der Waals surface area contributed by atoms with Crippen LogP contribution in [0.2, 0.25) is 0 Å². The number of nitrogens with one attached hydrogen (secondary N) is 2. The maximum Gasteiger partial charge on any atom is 0.471 e. The molecule has 0 radical (unpaired) electrons. The van der Waals surface area contributed by atoms with Gasteiger partial charge in [0.1, 0.15) is 6.61 Å². The van der Waals surface area contributed by atoms with Crippen molar-refractivity contribution in [3.63, 3.8) is 0 Å². The van der Waals surface area contributed by atoms with Crippen LogP contribution < -0.4 is 10.6 Å². The van der Waals surface area contributed by atoms with Crippen molar-refractivity contribution in [1.29, 1.82) is 0 Å². The molecule has 0 fully saturated rings. The van der Waals surface area contributed by atoms with E-state index in [4.69, 9.17) is 0 Å². The van der Waals surface area contributed by atoms with Gasteiger partial charge in [-0.25, -0.2) is 0 Å². The number of carbonyl (C=O) groups is 2. The highest BCUT2D eigenvalue weighted by Crippen LogP contribution is 2.20. The molecule has 19 heavy (non-hydrogen) atoms. The molecule has 0 bridgehead atoms. The lowest BCUT2D eigenvalue weighted by molar-refractivity contribution is -0.167. The Morgan fingerprint density at radius 2 is 1.79 bits per heavy atom. The van der Waals surface area contributed by atoms with E-state index in [0.29, 0.717) is 0 Å². The van der Waals surface area contributed by atoms with Crippen LogP contribution in [0.25, 0.3) is 0 Å². The molecule has 1 aromatic carbocycles. The van der Waals surface area contributed by atoms with Gasteiger partial charge in [-0.2, -0.15) is 13.2 Å². The van der Waals surface area contributed by atoms with Crippen molar-refractivity contribution in [3.8, 4) is 0 Å². The topological polar surface area (TPSA) is 67.4 Å². The van der Waals surface area contributed by atoms with E-state index in [2.05, 4.69) is 10.1 Å². The van der Waals surface area contributed by atoms with Crippen molar-refractivity contribution >= 4 is 23.2 Å². The summed E-state index contributed by atoms with van der Waals surface area (Å²) in [7, 11) is 1.33. The van der Waals surface area contributed by atoms with Crippen LogP contribution in [0.15, 0.2) is 24.3 Å². The molecule has 5 nitrogen and oxygen atoms in total. The summed E-state index contributed by atoms with van der Waals surface area (Å²) in [5, 5.41) is 4.08. The third-order valence-electron chi connectivity index (χ3n) is 1.94. The summed E-state index contributed by atoms with van der Waals surface area (Å²) >= 11 is 0. The molecule has 0 heterocycles. The zero-order chi connectivity index (χ0) is 14.5. The van der Waals surface area contributed by atoms with Gasteiger partial charge in [0.15, 0.2) is 0 Å². The number of ether oxygens (including phenoxy) is 1. The van der Waals surface area contributed by atoms with E-state index in [1.54, 1.807) is 5.32 Å². The molecule has 8 heteroatoms. The molecular weight excluding hydrogens is 265 g/mol. The molecule has 0 aromatic heterocycles. The van der Waals surface area contributed by atoms with Gasteiger partial charge in [0.05, 0.1) is 0 Å². The van der Waals surface area contributed by atoms with Crippen LogP contribution in [0.4, 0.5) is 24.5 Å². The van der Waals surface area contributed by atoms with Gasteiger partial charge in [0, 0.05) is 18.5 Å². The Kier molecular flexibility index (Phi) is 4.87. The fourth-order valence-corrected chi connectivity index (χ4v) is 1.20. The Balaban J connectivity index is 2.72. The van der Waals surface area contributed by atoms with Crippen molar-refractivity contribution in [2.75, 3.05) is 24.4 Å². The van der Waals surface area contributed by atoms with Gasteiger partial charge in [-0.3, -0.25) is 9.59 Å². The monoisotopic (exact) mass is 276 g/mol. The quantitative estimate of drug-likeness (QED) is 0.880. The minimum atomic E-state index is -4.96. The van der Waals surface area contributed by atoms with E-state index in [1.165, 1.54) is 31.4 Å². The highest BCUT2D eigenvalue weighted by Gasteiger charge is 2.38. The highest BCUT2D eigenvalue weighted by molar-refractivity contribution is 5.96. The van der Waals surface area contributed by atoms with Crippen molar-refractivity contribution in [2.24, 2.45) is 0 Å². The molecule has 0 atom stereocenters. The second kappa shape index (κ2) is 6.19. The Labute approximate surface area is 106 Å². The lowest BCUT2D eigenvalue weighted by Gasteiger charge is -2.10. The first-order valence-corrected chi connectivity index (χ1v) is 5.10. The molecule has 0 aliphatic heterocycles. The van der Waals surface area contributed by atoms with Gasteiger partial charge in [0.2, 0.25) is 5.91 Å². The fraction of sp³-hybridized carbons (Fsp3) is 0.273. The molecule has 0 spiro atoms. The van der Waals surface area contributed by atoms with Crippen LogP contribution in [-0.2, 0) is 14.3 Å². The summed E-state index contributed by atoms with van der Waals surface area (Å²) in [5.41, 5.74) is 0.180.